The smallest absolute Gasteiger partial charge is 0.337 e. The van der Waals surface area contributed by atoms with Crippen molar-refractivity contribution in [2.45, 2.75) is 25.7 Å². The van der Waals surface area contributed by atoms with Gasteiger partial charge in [0, 0.05) is 12.8 Å². The van der Waals surface area contributed by atoms with E-state index in [9.17, 15) is 14.4 Å². The number of amides is 1. The van der Waals surface area contributed by atoms with E-state index in [0.717, 1.165) is 0 Å². The van der Waals surface area contributed by atoms with Gasteiger partial charge in [-0.1, -0.05) is 11.6 Å². The Hall–Kier alpha value is -2.08. The van der Waals surface area contributed by atoms with Crippen LogP contribution < -0.4 is 5.32 Å². The molecule has 21 heavy (non-hydrogen) atoms. The van der Waals surface area contributed by atoms with Crippen LogP contribution in [0.15, 0.2) is 18.2 Å². The summed E-state index contributed by atoms with van der Waals surface area (Å²) in [6.07, 6.45) is 1.11. The number of benzene rings is 1. The van der Waals surface area contributed by atoms with Gasteiger partial charge in [0.15, 0.2) is 0 Å². The third-order valence-electron chi connectivity index (χ3n) is 2.71. The van der Waals surface area contributed by atoms with E-state index >= 15 is 0 Å². The Morgan fingerprint density at radius 1 is 1.24 bits per heavy atom. The molecule has 0 atom stereocenters. The number of hydrogen-bond donors (Lipinski definition) is 2. The maximum absolute atomic E-state index is 11.7. The minimum Gasteiger partial charge on any atom is -0.481 e. The molecule has 0 fully saturated rings. The summed E-state index contributed by atoms with van der Waals surface area (Å²) in [4.78, 5) is 33.5. The van der Waals surface area contributed by atoms with Crippen LogP contribution in [-0.4, -0.2) is 30.1 Å². The van der Waals surface area contributed by atoms with Crippen LogP contribution in [0.5, 0.6) is 0 Å². The second kappa shape index (κ2) is 8.26. The predicted octanol–water partition coefficient (Wildman–Crippen LogP) is 2.71. The molecule has 1 aromatic rings. The Kier molecular flexibility index (Phi) is 6.68. The lowest BCUT2D eigenvalue weighted by atomic mass is 10.1. The van der Waals surface area contributed by atoms with Gasteiger partial charge in [-0.25, -0.2) is 4.79 Å². The van der Waals surface area contributed by atoms with Crippen LogP contribution in [0.4, 0.5) is 5.69 Å². The molecule has 7 heteroatoms. The van der Waals surface area contributed by atoms with Gasteiger partial charge in [-0.15, -0.1) is 0 Å². The summed E-state index contributed by atoms with van der Waals surface area (Å²) in [5, 5.41) is 11.4. The number of nitrogens with one attached hydrogen (secondary N) is 1. The minimum atomic E-state index is -0.885. The summed E-state index contributed by atoms with van der Waals surface area (Å²) in [5.41, 5.74) is 0.603. The van der Waals surface area contributed by atoms with Crippen LogP contribution in [0.3, 0.4) is 0 Å². The fourth-order valence-corrected chi connectivity index (χ4v) is 1.81. The predicted molar refractivity (Wildman–Crippen MR) is 77.5 cm³/mol. The van der Waals surface area contributed by atoms with E-state index in [0.29, 0.717) is 23.6 Å². The topological polar surface area (TPSA) is 92.7 Å². The number of esters is 1. The Morgan fingerprint density at radius 2 is 1.90 bits per heavy atom. The number of ether oxygens (including phenoxy) is 1. The molecule has 0 saturated carbocycles. The van der Waals surface area contributed by atoms with Gasteiger partial charge in [-0.3, -0.25) is 9.59 Å². The number of unbranched alkanes of at least 4 members (excludes halogenated alkanes) is 1. The molecule has 0 aromatic heterocycles. The quantitative estimate of drug-likeness (QED) is 0.596. The van der Waals surface area contributed by atoms with Crippen molar-refractivity contribution in [1.29, 1.82) is 0 Å². The monoisotopic (exact) mass is 313 g/mol. The van der Waals surface area contributed by atoms with Crippen molar-refractivity contribution in [3.05, 3.63) is 28.8 Å². The van der Waals surface area contributed by atoms with E-state index in [1.54, 1.807) is 0 Å². The van der Waals surface area contributed by atoms with E-state index in [1.165, 1.54) is 25.3 Å². The first-order valence-electron chi connectivity index (χ1n) is 6.33. The van der Waals surface area contributed by atoms with E-state index in [4.69, 9.17) is 16.7 Å². The summed E-state index contributed by atoms with van der Waals surface area (Å²) in [6, 6.07) is 4.42. The van der Waals surface area contributed by atoms with Crippen LogP contribution in [0, 0.1) is 0 Å². The van der Waals surface area contributed by atoms with E-state index < -0.39 is 11.9 Å². The summed E-state index contributed by atoms with van der Waals surface area (Å²) < 4.78 is 4.59. The third kappa shape index (κ3) is 5.83. The molecule has 0 spiro atoms. The molecule has 0 aliphatic rings. The summed E-state index contributed by atoms with van der Waals surface area (Å²) in [5.74, 6) is -1.70. The fourth-order valence-electron chi connectivity index (χ4n) is 1.64. The highest BCUT2D eigenvalue weighted by atomic mass is 35.5. The number of methoxy groups -OCH3 is 1. The summed E-state index contributed by atoms with van der Waals surface area (Å²) >= 11 is 5.95. The van der Waals surface area contributed by atoms with Crippen molar-refractivity contribution in [2.24, 2.45) is 0 Å². The average molecular weight is 314 g/mol. The number of halogens is 1. The van der Waals surface area contributed by atoms with Crippen LogP contribution in [-0.2, 0) is 14.3 Å². The highest BCUT2D eigenvalue weighted by Crippen LogP contribution is 2.23. The molecule has 0 saturated heterocycles. The van der Waals surface area contributed by atoms with Crippen molar-refractivity contribution in [3.63, 3.8) is 0 Å². The average Bonchev–Trinajstić information content (AvgIpc) is 2.45. The second-order valence-corrected chi connectivity index (χ2v) is 4.74. The zero-order chi connectivity index (χ0) is 15.8. The summed E-state index contributed by atoms with van der Waals surface area (Å²) in [6.45, 7) is 0. The minimum absolute atomic E-state index is 0.0336. The number of carbonyl (C=O) groups is 3. The first kappa shape index (κ1) is 17.0. The van der Waals surface area contributed by atoms with Crippen molar-refractivity contribution in [2.75, 3.05) is 12.4 Å². The first-order chi connectivity index (χ1) is 9.93. The lowest BCUT2D eigenvalue weighted by Crippen LogP contribution is -2.12. The largest absolute Gasteiger partial charge is 0.481 e. The van der Waals surface area contributed by atoms with E-state index in [-0.39, 0.29) is 24.3 Å². The molecule has 0 aliphatic heterocycles. The van der Waals surface area contributed by atoms with Gasteiger partial charge in [0.1, 0.15) is 0 Å². The van der Waals surface area contributed by atoms with Crippen LogP contribution in [0.25, 0.3) is 0 Å². The van der Waals surface area contributed by atoms with Crippen LogP contribution in [0.1, 0.15) is 36.0 Å². The molecular weight excluding hydrogens is 298 g/mol. The van der Waals surface area contributed by atoms with Gasteiger partial charge in [0.05, 0.1) is 23.4 Å². The molecule has 2 N–H and O–H groups in total. The molecule has 0 unspecified atom stereocenters. The van der Waals surface area contributed by atoms with Gasteiger partial charge in [-0.05, 0) is 31.0 Å². The number of aliphatic carboxylic acids is 1. The van der Waals surface area contributed by atoms with Gasteiger partial charge >= 0.3 is 11.9 Å². The molecule has 0 heterocycles. The summed E-state index contributed by atoms with van der Waals surface area (Å²) in [7, 11) is 1.26. The highest BCUT2D eigenvalue weighted by Gasteiger charge is 2.11. The van der Waals surface area contributed by atoms with E-state index in [1.807, 2.05) is 0 Å². The molecule has 6 nitrogen and oxygen atoms in total. The number of rotatable bonds is 7. The van der Waals surface area contributed by atoms with Gasteiger partial charge < -0.3 is 15.2 Å². The molecule has 114 valence electrons. The van der Waals surface area contributed by atoms with E-state index in [2.05, 4.69) is 10.1 Å². The lowest BCUT2D eigenvalue weighted by molar-refractivity contribution is -0.137. The maximum Gasteiger partial charge on any atom is 0.337 e. The van der Waals surface area contributed by atoms with Crippen LogP contribution >= 0.6 is 11.6 Å². The Bertz CT molecular complexity index is 544. The third-order valence-corrected chi connectivity index (χ3v) is 3.04. The normalized spacial score (nSPS) is 10.0. The van der Waals surface area contributed by atoms with Crippen LogP contribution in [0.2, 0.25) is 5.02 Å². The van der Waals surface area contributed by atoms with Crippen molar-refractivity contribution in [3.8, 4) is 0 Å². The zero-order valence-electron chi connectivity index (χ0n) is 11.5. The molecule has 0 aliphatic carbocycles. The molecule has 1 aromatic carbocycles. The maximum atomic E-state index is 11.7. The van der Waals surface area contributed by atoms with Gasteiger partial charge in [-0.2, -0.15) is 0 Å². The van der Waals surface area contributed by atoms with Gasteiger partial charge in [0.2, 0.25) is 5.91 Å². The lowest BCUT2D eigenvalue weighted by Gasteiger charge is -2.08. The van der Waals surface area contributed by atoms with Crippen molar-refractivity contribution < 1.29 is 24.2 Å². The molecule has 0 bridgehead atoms. The number of carboxylic acids is 1. The van der Waals surface area contributed by atoms with Crippen molar-refractivity contribution >= 4 is 35.1 Å². The molecule has 1 rings (SSSR count). The molecule has 1 amide bonds. The second-order valence-electron chi connectivity index (χ2n) is 4.34. The van der Waals surface area contributed by atoms with Gasteiger partial charge in [0.25, 0.3) is 0 Å². The molecule has 0 radical (unpaired) electrons. The number of carbonyl (C=O) groups excluding carboxylic acids is 2. The Morgan fingerprint density at radius 3 is 2.52 bits per heavy atom. The highest BCUT2D eigenvalue weighted by molar-refractivity contribution is 6.33. The number of carboxylic acid groups (broad SMARTS) is 1. The first-order valence-corrected chi connectivity index (χ1v) is 6.71. The number of anilines is 1. The Balaban J connectivity index is 2.59. The fraction of sp³-hybridized carbons (Fsp3) is 0.357. The Labute approximate surface area is 127 Å². The molecular formula is C14H16ClNO5. The number of hydrogen-bond acceptors (Lipinski definition) is 4. The van der Waals surface area contributed by atoms with Crippen molar-refractivity contribution in [1.82, 2.24) is 0 Å². The standard InChI is InChI=1S/C14H16ClNO5/c1-21-14(20)9-6-7-10(15)11(8-9)16-12(17)4-2-3-5-13(18)19/h6-8H,2-5H2,1H3,(H,16,17)(H,18,19). The SMILES string of the molecule is COC(=O)c1ccc(Cl)c(NC(=O)CCCCC(=O)O)c1. The zero-order valence-corrected chi connectivity index (χ0v) is 12.3.